The highest BCUT2D eigenvalue weighted by atomic mass is 32.2. The minimum atomic E-state index is -5.03. The van der Waals surface area contributed by atoms with E-state index in [0.717, 1.165) is 24.3 Å². The van der Waals surface area contributed by atoms with Crippen LogP contribution in [-0.4, -0.2) is 27.7 Å². The molecule has 45 heavy (non-hydrogen) atoms. The van der Waals surface area contributed by atoms with Gasteiger partial charge in [0.15, 0.2) is 0 Å². The fourth-order valence-electron chi connectivity index (χ4n) is 4.83. The first kappa shape index (κ1) is 33.4. The first-order valence-electron chi connectivity index (χ1n) is 13.3. The second kappa shape index (κ2) is 13.2. The Kier molecular flexibility index (Phi) is 9.83. The summed E-state index contributed by atoms with van der Waals surface area (Å²) in [5.41, 5.74) is 0.551. The van der Waals surface area contributed by atoms with Gasteiger partial charge in [-0.15, -0.1) is 26.3 Å². The second-order valence-electron chi connectivity index (χ2n) is 10.2. The fourth-order valence-corrected chi connectivity index (χ4v) is 5.93. The van der Waals surface area contributed by atoms with Gasteiger partial charge in [-0.2, -0.15) is 0 Å². The molecule has 0 bridgehead atoms. The molecule has 0 aromatic heterocycles. The quantitative estimate of drug-likeness (QED) is 0.152. The van der Waals surface area contributed by atoms with Crippen molar-refractivity contribution in [3.8, 4) is 11.5 Å². The molecule has 4 rings (SSSR count). The Hall–Kier alpha value is -4.49. The number of hydrogen-bond donors (Lipinski definition) is 2. The van der Waals surface area contributed by atoms with Gasteiger partial charge < -0.3 is 14.8 Å². The molecule has 0 atom stereocenters. The molecule has 0 unspecified atom stereocenters. The van der Waals surface area contributed by atoms with Crippen LogP contribution in [0.4, 0.5) is 32.0 Å². The molecule has 6 nitrogen and oxygen atoms in total. The number of benzene rings is 4. The lowest BCUT2D eigenvalue weighted by atomic mass is 9.70. The van der Waals surface area contributed by atoms with Gasteiger partial charge >= 0.3 is 12.7 Å². The molecular weight excluding hydrogens is 622 g/mol. The number of alkyl halides is 6. The molecule has 4 aromatic carbocycles. The number of allylic oxidation sites excluding steroid dienone is 1. The van der Waals surface area contributed by atoms with E-state index in [1.807, 2.05) is 0 Å². The third-order valence-electron chi connectivity index (χ3n) is 6.68. The Labute approximate surface area is 256 Å². The molecule has 0 amide bonds. The van der Waals surface area contributed by atoms with Gasteiger partial charge in [0.1, 0.15) is 11.5 Å². The zero-order valence-corrected chi connectivity index (χ0v) is 24.6. The number of nitrogens with one attached hydrogen (secondary N) is 2. The number of hydrogen-bond acceptors (Lipinski definition) is 5. The summed E-state index contributed by atoms with van der Waals surface area (Å²) in [5, 5.41) is 2.96. The normalized spacial score (nSPS) is 12.4. The zero-order chi connectivity index (χ0) is 32.9. The van der Waals surface area contributed by atoms with Gasteiger partial charge in [-0.25, -0.2) is 13.1 Å². The Balaban J connectivity index is 1.87. The first-order chi connectivity index (χ1) is 21.0. The van der Waals surface area contributed by atoms with E-state index in [1.54, 1.807) is 37.3 Å². The Morgan fingerprint density at radius 3 is 1.71 bits per heavy atom. The van der Waals surface area contributed by atoms with Crippen molar-refractivity contribution in [2.45, 2.75) is 36.4 Å². The van der Waals surface area contributed by atoms with Gasteiger partial charge in [0.2, 0.25) is 10.0 Å². The number of sulfonamides is 1. The van der Waals surface area contributed by atoms with Crippen LogP contribution < -0.4 is 19.5 Å². The lowest BCUT2D eigenvalue weighted by Gasteiger charge is -2.36. The zero-order valence-electron chi connectivity index (χ0n) is 23.7. The third-order valence-corrected chi connectivity index (χ3v) is 8.09. The van der Waals surface area contributed by atoms with Gasteiger partial charge in [0, 0.05) is 23.3 Å². The first-order valence-corrected chi connectivity index (χ1v) is 14.8. The molecule has 0 fully saturated rings. The molecular formula is C32H28F6N2O4S. The van der Waals surface area contributed by atoms with Gasteiger partial charge in [-0.05, 0) is 78.6 Å². The topological polar surface area (TPSA) is 76.7 Å². The minimum Gasteiger partial charge on any atom is -0.406 e. The highest BCUT2D eigenvalue weighted by molar-refractivity contribution is 7.89. The van der Waals surface area contributed by atoms with Crippen LogP contribution in [0.5, 0.6) is 11.5 Å². The van der Waals surface area contributed by atoms with E-state index < -0.39 is 46.2 Å². The molecule has 0 heterocycles. The molecule has 238 valence electrons. The average Bonchev–Trinajstić information content (AvgIpc) is 2.94. The largest absolute Gasteiger partial charge is 0.573 e. The summed E-state index contributed by atoms with van der Waals surface area (Å²) in [6.45, 7) is 4.99. The van der Waals surface area contributed by atoms with Crippen LogP contribution in [0.25, 0.3) is 0 Å². The van der Waals surface area contributed by atoms with Crippen LogP contribution in [0.1, 0.15) is 23.6 Å². The molecule has 0 saturated heterocycles. The van der Waals surface area contributed by atoms with E-state index in [0.29, 0.717) is 16.9 Å². The van der Waals surface area contributed by atoms with E-state index in [4.69, 9.17) is 0 Å². The maximum Gasteiger partial charge on any atom is 0.573 e. The smallest absolute Gasteiger partial charge is 0.406 e. The van der Waals surface area contributed by atoms with Crippen molar-refractivity contribution < 1.29 is 44.2 Å². The van der Waals surface area contributed by atoms with Crippen LogP contribution >= 0.6 is 0 Å². The number of rotatable bonds is 12. The lowest BCUT2D eigenvalue weighted by molar-refractivity contribution is -0.275. The minimum absolute atomic E-state index is 0.0389. The van der Waals surface area contributed by atoms with Crippen molar-refractivity contribution >= 4 is 15.7 Å². The predicted octanol–water partition coefficient (Wildman–Crippen LogP) is 7.94. The highest BCUT2D eigenvalue weighted by Gasteiger charge is 2.39. The van der Waals surface area contributed by atoms with E-state index in [2.05, 4.69) is 26.1 Å². The fraction of sp³-hybridized carbons (Fsp3) is 0.188. The van der Waals surface area contributed by atoms with E-state index in [1.165, 1.54) is 48.5 Å². The monoisotopic (exact) mass is 650 g/mol. The van der Waals surface area contributed by atoms with Crippen LogP contribution in [-0.2, 0) is 21.9 Å². The summed E-state index contributed by atoms with van der Waals surface area (Å²) in [6, 6.07) is 24.1. The molecule has 0 radical (unpaired) electrons. The summed E-state index contributed by atoms with van der Waals surface area (Å²) in [7, 11) is -4.25. The van der Waals surface area contributed by atoms with Gasteiger partial charge in [0.25, 0.3) is 0 Å². The van der Waals surface area contributed by atoms with E-state index in [9.17, 15) is 34.8 Å². The van der Waals surface area contributed by atoms with Crippen LogP contribution in [0.15, 0.2) is 120 Å². The Morgan fingerprint density at radius 2 is 1.24 bits per heavy atom. The van der Waals surface area contributed by atoms with Gasteiger partial charge in [-0.3, -0.25) is 0 Å². The van der Waals surface area contributed by atoms with Gasteiger partial charge in [-0.1, -0.05) is 61.2 Å². The molecule has 0 aliphatic rings. The number of anilines is 1. The Morgan fingerprint density at radius 1 is 0.733 bits per heavy atom. The van der Waals surface area contributed by atoms with Crippen LogP contribution in [0.2, 0.25) is 0 Å². The standard InChI is InChI=1S/C32H28F6N2O4S/c1-22(2)40-26-14-16-29(17-15-26)45(41,42)39-21-30(20-23-8-4-3-5-9-23,24-10-6-12-27(18-24)43-31(33,34)35)25-11-7-13-28(19-25)44-32(36,37)38/h3-19,39-40H,1,20-21H2,2H3. The maximum absolute atomic E-state index is 13.5. The summed E-state index contributed by atoms with van der Waals surface area (Å²) in [4.78, 5) is -0.119. The van der Waals surface area contributed by atoms with Crippen molar-refractivity contribution in [2.24, 2.45) is 0 Å². The summed E-state index contributed by atoms with van der Waals surface area (Å²) >= 11 is 0. The molecule has 13 heteroatoms. The van der Waals surface area contributed by atoms with Gasteiger partial charge in [0.05, 0.1) is 4.90 Å². The third kappa shape index (κ3) is 9.25. The molecule has 2 N–H and O–H groups in total. The number of ether oxygens (including phenoxy) is 2. The van der Waals surface area contributed by atoms with Crippen LogP contribution in [0.3, 0.4) is 0 Å². The van der Waals surface area contributed by atoms with Crippen molar-refractivity contribution in [2.75, 3.05) is 11.9 Å². The van der Waals surface area contributed by atoms with Crippen molar-refractivity contribution in [1.82, 2.24) is 4.72 Å². The average molecular weight is 651 g/mol. The predicted molar refractivity (Wildman–Crippen MR) is 157 cm³/mol. The second-order valence-corrected chi connectivity index (χ2v) is 11.9. The highest BCUT2D eigenvalue weighted by Crippen LogP contribution is 2.40. The maximum atomic E-state index is 13.5. The molecule has 0 aliphatic heterocycles. The SMILES string of the molecule is C=C(C)Nc1ccc(S(=O)(=O)NCC(Cc2ccccc2)(c2cccc(OC(F)(F)F)c2)c2cccc(OC(F)(F)F)c2)cc1. The van der Waals surface area contributed by atoms with Crippen molar-refractivity contribution in [1.29, 1.82) is 0 Å². The van der Waals surface area contributed by atoms with Crippen LogP contribution in [0, 0.1) is 0 Å². The molecule has 0 spiro atoms. The summed E-state index contributed by atoms with van der Waals surface area (Å²) in [5.74, 6) is -1.19. The summed E-state index contributed by atoms with van der Waals surface area (Å²) in [6.07, 6.45) is -10.1. The molecule has 0 saturated carbocycles. The molecule has 0 aliphatic carbocycles. The van der Waals surface area contributed by atoms with E-state index in [-0.39, 0.29) is 22.4 Å². The van der Waals surface area contributed by atoms with Crippen molar-refractivity contribution in [3.63, 3.8) is 0 Å². The summed E-state index contributed by atoms with van der Waals surface area (Å²) < 4.78 is 117. The van der Waals surface area contributed by atoms with Crippen molar-refractivity contribution in [3.05, 3.63) is 132 Å². The Bertz CT molecular complexity index is 1670. The molecule has 4 aromatic rings. The number of halogens is 6. The van der Waals surface area contributed by atoms with E-state index >= 15 is 0 Å². The lowest BCUT2D eigenvalue weighted by Crippen LogP contribution is -2.43.